The van der Waals surface area contributed by atoms with Gasteiger partial charge in [0.1, 0.15) is 0 Å². The van der Waals surface area contributed by atoms with Gasteiger partial charge in [0.15, 0.2) is 0 Å². The molecule has 0 aromatic heterocycles. The maximum absolute atomic E-state index is 5.85. The highest BCUT2D eigenvalue weighted by Crippen LogP contribution is 2.11. The third-order valence-electron chi connectivity index (χ3n) is 2.19. The number of rotatable bonds is 1. The van der Waals surface area contributed by atoms with Gasteiger partial charge >= 0.3 is 0 Å². The Morgan fingerprint density at radius 3 is 2.89 bits per heavy atom. The molecule has 0 radical (unpaired) electrons. The summed E-state index contributed by atoms with van der Waals surface area (Å²) in [4.78, 5) is 0. The van der Waals surface area contributed by atoms with Crippen molar-refractivity contribution in [2.45, 2.75) is 25.8 Å². The van der Waals surface area contributed by atoms with E-state index >= 15 is 0 Å². The maximum atomic E-state index is 5.85. The van der Waals surface area contributed by atoms with Crippen molar-refractivity contribution in [3.63, 3.8) is 0 Å². The molecule has 0 spiro atoms. The molecule has 0 aliphatic carbocycles. The maximum Gasteiger partial charge on any atom is 0.00912 e. The average molecular weight is 128 g/mol. The second-order valence-electron chi connectivity index (χ2n) is 2.82. The largest absolute Gasteiger partial charge is 0.327 e. The molecule has 0 aromatic rings. The molecule has 1 aliphatic heterocycles. The van der Waals surface area contributed by atoms with Crippen molar-refractivity contribution < 1.29 is 0 Å². The molecule has 1 rings (SSSR count). The summed E-state index contributed by atoms with van der Waals surface area (Å²) in [7, 11) is 0. The van der Waals surface area contributed by atoms with Crippen LogP contribution < -0.4 is 11.1 Å². The van der Waals surface area contributed by atoms with Gasteiger partial charge in [0.05, 0.1) is 0 Å². The van der Waals surface area contributed by atoms with E-state index in [2.05, 4.69) is 12.2 Å². The number of nitrogens with one attached hydrogen (secondary N) is 1. The van der Waals surface area contributed by atoms with Crippen LogP contribution in [0.15, 0.2) is 0 Å². The molecule has 1 aliphatic rings. The summed E-state index contributed by atoms with van der Waals surface area (Å²) in [5.41, 5.74) is 5.85. The van der Waals surface area contributed by atoms with Gasteiger partial charge < -0.3 is 11.1 Å². The van der Waals surface area contributed by atoms with Crippen LogP contribution in [0.4, 0.5) is 0 Å². The van der Waals surface area contributed by atoms with E-state index in [-0.39, 0.29) is 0 Å². The van der Waals surface area contributed by atoms with Crippen molar-refractivity contribution in [2.75, 3.05) is 13.1 Å². The van der Waals surface area contributed by atoms with Crippen molar-refractivity contribution in [1.82, 2.24) is 5.32 Å². The second kappa shape index (κ2) is 3.18. The third-order valence-corrected chi connectivity index (χ3v) is 2.19. The van der Waals surface area contributed by atoms with Crippen LogP contribution in [0.5, 0.6) is 0 Å². The minimum Gasteiger partial charge on any atom is -0.327 e. The van der Waals surface area contributed by atoms with Gasteiger partial charge in [-0.2, -0.15) is 0 Å². The minimum absolute atomic E-state index is 0.455. The van der Waals surface area contributed by atoms with Crippen LogP contribution in [0.2, 0.25) is 0 Å². The molecule has 0 aromatic carbocycles. The molecular formula is C7H16N2. The molecule has 1 saturated heterocycles. The van der Waals surface area contributed by atoms with Crippen LogP contribution in [-0.2, 0) is 0 Å². The van der Waals surface area contributed by atoms with E-state index in [9.17, 15) is 0 Å². The molecule has 9 heavy (non-hydrogen) atoms. The minimum atomic E-state index is 0.455. The van der Waals surface area contributed by atoms with E-state index < -0.39 is 0 Å². The molecule has 3 N–H and O–H groups in total. The first-order valence-corrected chi connectivity index (χ1v) is 3.81. The first-order chi connectivity index (χ1) is 4.34. The molecule has 2 atom stereocenters. The number of hydrogen-bond acceptors (Lipinski definition) is 2. The van der Waals surface area contributed by atoms with Gasteiger partial charge in [-0.05, 0) is 25.4 Å². The molecule has 54 valence electrons. The summed E-state index contributed by atoms with van der Waals surface area (Å²) in [6.07, 6.45) is 2.37. The summed E-state index contributed by atoms with van der Waals surface area (Å²) in [5.74, 6) is 0.721. The monoisotopic (exact) mass is 128 g/mol. The summed E-state index contributed by atoms with van der Waals surface area (Å²) < 4.78 is 0. The zero-order valence-electron chi connectivity index (χ0n) is 6.06. The zero-order chi connectivity index (χ0) is 6.69. The van der Waals surface area contributed by atoms with Gasteiger partial charge in [-0.3, -0.25) is 0 Å². The normalized spacial score (nSPS) is 36.7. The fourth-order valence-electron chi connectivity index (χ4n) is 1.39. The summed E-state index contributed by atoms with van der Waals surface area (Å²) in [5, 5.41) is 3.34. The van der Waals surface area contributed by atoms with Crippen LogP contribution in [0.1, 0.15) is 19.8 Å². The lowest BCUT2D eigenvalue weighted by Gasteiger charge is -2.28. The van der Waals surface area contributed by atoms with Crippen LogP contribution in [0.25, 0.3) is 0 Å². The summed E-state index contributed by atoms with van der Waals surface area (Å²) in [6.45, 7) is 4.44. The third kappa shape index (κ3) is 1.66. The highest BCUT2D eigenvalue weighted by atomic mass is 14.9. The number of piperidine rings is 1. The van der Waals surface area contributed by atoms with Crippen molar-refractivity contribution in [3.8, 4) is 0 Å². The van der Waals surface area contributed by atoms with Gasteiger partial charge in [0, 0.05) is 6.04 Å². The quantitative estimate of drug-likeness (QED) is 0.534. The summed E-state index contributed by atoms with van der Waals surface area (Å²) >= 11 is 0. The van der Waals surface area contributed by atoms with Crippen LogP contribution in [0.3, 0.4) is 0 Å². The number of hydrogen-bond donors (Lipinski definition) is 2. The van der Waals surface area contributed by atoms with Gasteiger partial charge in [-0.15, -0.1) is 0 Å². The van der Waals surface area contributed by atoms with E-state index in [4.69, 9.17) is 5.73 Å². The Kier molecular flexibility index (Phi) is 2.49. The fraction of sp³-hybridized carbons (Fsp3) is 1.00. The van der Waals surface area contributed by atoms with Crippen molar-refractivity contribution in [3.05, 3.63) is 0 Å². The Hall–Kier alpha value is -0.0800. The Morgan fingerprint density at radius 1 is 1.67 bits per heavy atom. The Labute approximate surface area is 56.8 Å². The molecule has 2 nitrogen and oxygen atoms in total. The first-order valence-electron chi connectivity index (χ1n) is 3.81. The lowest BCUT2D eigenvalue weighted by molar-refractivity contribution is 0.318. The smallest absolute Gasteiger partial charge is 0.00912 e. The van der Waals surface area contributed by atoms with Crippen LogP contribution >= 0.6 is 0 Å². The zero-order valence-corrected chi connectivity index (χ0v) is 6.06. The van der Waals surface area contributed by atoms with Gasteiger partial charge in [-0.1, -0.05) is 13.3 Å². The van der Waals surface area contributed by atoms with Crippen molar-refractivity contribution >= 4 is 0 Å². The Balaban J connectivity index is 2.30. The van der Waals surface area contributed by atoms with E-state index in [1.807, 2.05) is 0 Å². The van der Waals surface area contributed by atoms with Gasteiger partial charge in [0.25, 0.3) is 0 Å². The van der Waals surface area contributed by atoms with Crippen molar-refractivity contribution in [1.29, 1.82) is 0 Å². The lowest BCUT2D eigenvalue weighted by Crippen LogP contribution is -2.44. The molecule has 1 fully saturated rings. The fourth-order valence-corrected chi connectivity index (χ4v) is 1.39. The molecule has 0 unspecified atom stereocenters. The average Bonchev–Trinajstić information content (AvgIpc) is 1.89. The van der Waals surface area contributed by atoms with Crippen molar-refractivity contribution in [2.24, 2.45) is 11.7 Å². The summed E-state index contributed by atoms with van der Waals surface area (Å²) in [6, 6.07) is 0.455. The molecule has 0 saturated carbocycles. The SMILES string of the molecule is CC[C@@H]1CNCC[C@H]1N. The van der Waals surface area contributed by atoms with E-state index in [0.29, 0.717) is 6.04 Å². The second-order valence-corrected chi connectivity index (χ2v) is 2.82. The predicted octanol–water partition coefficient (Wildman–Crippen LogP) is 0.333. The van der Waals surface area contributed by atoms with E-state index in [1.54, 1.807) is 0 Å². The Bertz CT molecular complexity index is 83.0. The molecule has 0 bridgehead atoms. The van der Waals surface area contributed by atoms with Crippen LogP contribution in [-0.4, -0.2) is 19.1 Å². The first kappa shape index (κ1) is 7.03. The standard InChI is InChI=1S/C7H16N2/c1-2-6-5-9-4-3-7(6)8/h6-7,9H,2-5,8H2,1H3/t6-,7-/m1/s1. The molecule has 0 amide bonds. The van der Waals surface area contributed by atoms with Crippen LogP contribution in [0, 0.1) is 5.92 Å². The predicted molar refractivity (Wildman–Crippen MR) is 39.2 cm³/mol. The van der Waals surface area contributed by atoms with E-state index in [1.165, 1.54) is 6.42 Å². The highest BCUT2D eigenvalue weighted by molar-refractivity contribution is 4.78. The van der Waals surface area contributed by atoms with Gasteiger partial charge in [-0.25, -0.2) is 0 Å². The highest BCUT2D eigenvalue weighted by Gasteiger charge is 2.18. The lowest BCUT2D eigenvalue weighted by atomic mass is 9.92. The molecule has 2 heteroatoms. The topological polar surface area (TPSA) is 38.0 Å². The molecule has 1 heterocycles. The molecular weight excluding hydrogens is 112 g/mol. The Morgan fingerprint density at radius 2 is 2.44 bits per heavy atom. The van der Waals surface area contributed by atoms with E-state index in [0.717, 1.165) is 25.4 Å². The number of nitrogens with two attached hydrogens (primary N) is 1. The van der Waals surface area contributed by atoms with Gasteiger partial charge in [0.2, 0.25) is 0 Å².